The zero-order valence-corrected chi connectivity index (χ0v) is 10.7. The van der Waals surface area contributed by atoms with Crippen LogP contribution >= 0.6 is 15.9 Å². The van der Waals surface area contributed by atoms with Crippen molar-refractivity contribution in [2.45, 2.75) is 6.92 Å². The van der Waals surface area contributed by atoms with Crippen molar-refractivity contribution in [3.63, 3.8) is 0 Å². The van der Waals surface area contributed by atoms with E-state index in [0.717, 1.165) is 5.56 Å². The van der Waals surface area contributed by atoms with E-state index in [0.29, 0.717) is 5.69 Å². The Bertz CT molecular complexity index is 598. The molecule has 88 valence electrons. The summed E-state index contributed by atoms with van der Waals surface area (Å²) in [5, 5.41) is 2.48. The molecule has 1 N–H and O–H groups in total. The van der Waals surface area contributed by atoms with Crippen LogP contribution in [0, 0.1) is 6.92 Å². The number of H-pyrrole nitrogens is 1. The number of aryl methyl sites for hydroxylation is 1. The molecule has 17 heavy (non-hydrogen) atoms. The molecule has 0 aliphatic rings. The second kappa shape index (κ2) is 4.67. The normalized spacial score (nSPS) is 10.5. The molecular formula is C11H10BrN2O3+. The Hall–Kier alpha value is -1.69. The molecule has 6 heteroatoms. The third kappa shape index (κ3) is 2.21. The Balaban J connectivity index is 2.56. The second-order valence-electron chi connectivity index (χ2n) is 3.56. The monoisotopic (exact) mass is 297 g/mol. The molecule has 0 aliphatic carbocycles. The first-order valence-corrected chi connectivity index (χ1v) is 6.05. The van der Waals surface area contributed by atoms with E-state index in [4.69, 9.17) is 0 Å². The number of nitrogens with zero attached hydrogens (tertiary/aromatic N) is 1. The van der Waals surface area contributed by atoms with Crippen LogP contribution < -0.4 is 10.3 Å². The summed E-state index contributed by atoms with van der Waals surface area (Å²) in [4.78, 5) is 23.0. The van der Waals surface area contributed by atoms with Gasteiger partial charge in [-0.3, -0.25) is 9.32 Å². The van der Waals surface area contributed by atoms with Crippen molar-refractivity contribution in [2.75, 3.05) is 5.33 Å². The van der Waals surface area contributed by atoms with Crippen LogP contribution in [0.15, 0.2) is 33.6 Å². The van der Waals surface area contributed by atoms with E-state index in [1.807, 2.05) is 19.1 Å². The number of aromatic amines is 1. The number of hydrogen-bond donors (Lipinski definition) is 1. The molecule has 1 aromatic heterocycles. The summed E-state index contributed by atoms with van der Waals surface area (Å²) in [6, 6.07) is 7.36. The van der Waals surface area contributed by atoms with Gasteiger partial charge in [-0.2, -0.15) is 0 Å². The summed E-state index contributed by atoms with van der Waals surface area (Å²) in [5.41, 5.74) is 1.07. The largest absolute Gasteiger partial charge is 0.438 e. The zero-order chi connectivity index (χ0) is 12.4. The van der Waals surface area contributed by atoms with Crippen molar-refractivity contribution in [1.29, 1.82) is 0 Å². The summed E-state index contributed by atoms with van der Waals surface area (Å²) >= 11 is 3.03. The predicted octanol–water partition coefficient (Wildman–Crippen LogP) is 1.13. The summed E-state index contributed by atoms with van der Waals surface area (Å²) < 4.78 is 5.98. The fourth-order valence-electron chi connectivity index (χ4n) is 1.45. The van der Waals surface area contributed by atoms with Crippen LogP contribution in [0.3, 0.4) is 0 Å². The van der Waals surface area contributed by atoms with Crippen LogP contribution in [0.5, 0.6) is 0 Å². The molecule has 2 aromatic rings. The van der Waals surface area contributed by atoms with Crippen molar-refractivity contribution in [1.82, 2.24) is 5.27 Å². The van der Waals surface area contributed by atoms with Crippen molar-refractivity contribution in [3.05, 3.63) is 45.9 Å². The van der Waals surface area contributed by atoms with Crippen LogP contribution in [-0.2, 0) is 0 Å². The number of carbonyl (C=O) groups is 1. The molecule has 2 rings (SSSR count). The van der Waals surface area contributed by atoms with Gasteiger partial charge in [-0.15, -0.1) is 0 Å². The van der Waals surface area contributed by atoms with Crippen molar-refractivity contribution in [3.8, 4) is 5.69 Å². The molecule has 1 aromatic carbocycles. The molecule has 0 unspecified atom stereocenters. The maximum Gasteiger partial charge on any atom is 0.438 e. The van der Waals surface area contributed by atoms with Gasteiger partial charge in [0.05, 0.1) is 5.33 Å². The molecule has 0 aliphatic heterocycles. The van der Waals surface area contributed by atoms with Gasteiger partial charge in [0.15, 0.2) is 0 Å². The Kier molecular flexibility index (Phi) is 3.23. The highest BCUT2D eigenvalue weighted by Crippen LogP contribution is 2.03. The van der Waals surface area contributed by atoms with Crippen molar-refractivity contribution < 1.29 is 14.0 Å². The summed E-state index contributed by atoms with van der Waals surface area (Å²) in [7, 11) is 0. The molecule has 0 saturated heterocycles. The van der Waals surface area contributed by atoms with E-state index in [1.165, 1.54) is 4.68 Å². The fourth-order valence-corrected chi connectivity index (χ4v) is 1.72. The minimum atomic E-state index is -0.671. The minimum Gasteiger partial charge on any atom is -0.286 e. The molecule has 0 atom stereocenters. The van der Waals surface area contributed by atoms with Crippen LogP contribution in [0.4, 0.5) is 0 Å². The lowest BCUT2D eigenvalue weighted by Gasteiger charge is -1.93. The molecule has 0 fully saturated rings. The number of hydrogen-bond acceptors (Lipinski definition) is 3. The Labute approximate surface area is 105 Å². The van der Waals surface area contributed by atoms with Gasteiger partial charge in [0.2, 0.25) is 11.5 Å². The average Bonchev–Trinajstić information content (AvgIpc) is 2.71. The lowest BCUT2D eigenvalue weighted by Crippen LogP contribution is -2.41. The molecule has 0 bridgehead atoms. The third-order valence-electron chi connectivity index (χ3n) is 2.32. The SMILES string of the molecule is Cc1ccc(-[n+]2[nH]oc(=O)c2C(=O)CBr)cc1. The summed E-state index contributed by atoms with van der Waals surface area (Å²) in [5.74, 6) is -0.333. The molecule has 5 nitrogen and oxygen atoms in total. The van der Waals surface area contributed by atoms with Gasteiger partial charge >= 0.3 is 11.3 Å². The minimum absolute atomic E-state index is 0.0225. The van der Waals surface area contributed by atoms with Gasteiger partial charge in [-0.05, 0) is 16.9 Å². The van der Waals surface area contributed by atoms with Gasteiger partial charge in [0.1, 0.15) is 0 Å². The number of rotatable bonds is 3. The summed E-state index contributed by atoms with van der Waals surface area (Å²) in [6.45, 7) is 1.96. The molecule has 0 spiro atoms. The van der Waals surface area contributed by atoms with E-state index in [-0.39, 0.29) is 16.8 Å². The number of ketones is 1. The lowest BCUT2D eigenvalue weighted by molar-refractivity contribution is -0.672. The molecule has 0 saturated carbocycles. The lowest BCUT2D eigenvalue weighted by atomic mass is 10.2. The first-order valence-electron chi connectivity index (χ1n) is 4.93. The Morgan fingerprint density at radius 2 is 2.06 bits per heavy atom. The zero-order valence-electron chi connectivity index (χ0n) is 9.07. The maximum absolute atomic E-state index is 11.6. The smallest absolute Gasteiger partial charge is 0.286 e. The number of Topliss-reactive ketones (excluding diaryl/α,β-unsaturated/α-hetero) is 1. The average molecular weight is 298 g/mol. The van der Waals surface area contributed by atoms with E-state index >= 15 is 0 Å². The van der Waals surface area contributed by atoms with E-state index in [1.54, 1.807) is 12.1 Å². The van der Waals surface area contributed by atoms with Crippen LogP contribution in [-0.4, -0.2) is 16.4 Å². The molecule has 1 heterocycles. The van der Waals surface area contributed by atoms with Crippen LogP contribution in [0.2, 0.25) is 0 Å². The van der Waals surface area contributed by atoms with Crippen molar-refractivity contribution >= 4 is 21.7 Å². The number of alkyl halides is 1. The fraction of sp³-hybridized carbons (Fsp3) is 0.182. The first kappa shape index (κ1) is 11.8. The van der Waals surface area contributed by atoms with E-state index < -0.39 is 5.63 Å². The number of benzene rings is 1. The van der Waals surface area contributed by atoms with Crippen LogP contribution in [0.1, 0.15) is 16.1 Å². The highest BCUT2D eigenvalue weighted by Gasteiger charge is 2.29. The second-order valence-corrected chi connectivity index (χ2v) is 4.12. The highest BCUT2D eigenvalue weighted by atomic mass is 79.9. The standard InChI is InChI=1S/C11H9BrN2O3/c1-7-2-4-8(5-3-7)14-10(9(15)6-12)11(16)17-13-14/h2-5H,6H2,1H3/p+1. The predicted molar refractivity (Wildman–Crippen MR) is 63.7 cm³/mol. The van der Waals surface area contributed by atoms with E-state index in [2.05, 4.69) is 25.7 Å². The van der Waals surface area contributed by atoms with Crippen LogP contribution in [0.25, 0.3) is 5.69 Å². The number of carbonyl (C=O) groups excluding carboxylic acids is 1. The Morgan fingerprint density at radius 1 is 1.41 bits per heavy atom. The number of halogens is 1. The molecule has 0 radical (unpaired) electrons. The van der Waals surface area contributed by atoms with Gasteiger partial charge in [-0.1, -0.05) is 33.6 Å². The topological polar surface area (TPSA) is 67.0 Å². The Morgan fingerprint density at radius 3 is 2.65 bits per heavy atom. The quantitative estimate of drug-likeness (QED) is 0.525. The van der Waals surface area contributed by atoms with Gasteiger partial charge < -0.3 is 0 Å². The molecular weight excluding hydrogens is 288 g/mol. The summed E-state index contributed by atoms with van der Waals surface area (Å²) in [6.07, 6.45) is 0. The van der Waals surface area contributed by atoms with Gasteiger partial charge in [-0.25, -0.2) is 4.79 Å². The number of aromatic nitrogens is 2. The van der Waals surface area contributed by atoms with Gasteiger partial charge in [0, 0.05) is 12.1 Å². The third-order valence-corrected chi connectivity index (χ3v) is 2.83. The van der Waals surface area contributed by atoms with Crippen molar-refractivity contribution in [2.24, 2.45) is 0 Å². The first-order chi connectivity index (χ1) is 8.13. The van der Waals surface area contributed by atoms with Gasteiger partial charge in [0.25, 0.3) is 0 Å². The maximum atomic E-state index is 11.6. The molecule has 0 amide bonds. The van der Waals surface area contributed by atoms with E-state index in [9.17, 15) is 9.59 Å². The number of nitrogens with one attached hydrogen (secondary N) is 1. The highest BCUT2D eigenvalue weighted by molar-refractivity contribution is 9.09.